The van der Waals surface area contributed by atoms with Gasteiger partial charge in [-0.3, -0.25) is 10.1 Å². The normalized spacial score (nSPS) is 14.1. The van der Waals surface area contributed by atoms with Crippen LogP contribution in [-0.2, 0) is 0 Å². The number of nitrogens with two attached hydrogens (primary N) is 1. The van der Waals surface area contributed by atoms with Crippen LogP contribution in [0.15, 0.2) is 22.6 Å². The molecule has 1 aliphatic rings. The number of hydrogen-bond acceptors (Lipinski definition) is 6. The Kier molecular flexibility index (Phi) is 3.02. The topological polar surface area (TPSA) is 103 Å². The molecule has 0 unspecified atom stereocenters. The highest BCUT2D eigenvalue weighted by molar-refractivity contribution is 6.06. The molecule has 1 aliphatic carbocycles. The van der Waals surface area contributed by atoms with Crippen molar-refractivity contribution in [2.75, 3.05) is 18.2 Å². The first kappa shape index (κ1) is 12.5. The van der Waals surface area contributed by atoms with Crippen LogP contribution in [-0.4, -0.2) is 23.2 Å². The molecule has 0 bridgehead atoms. The van der Waals surface area contributed by atoms with E-state index >= 15 is 0 Å². The van der Waals surface area contributed by atoms with Gasteiger partial charge in [0, 0.05) is 17.7 Å². The number of amides is 1. The lowest BCUT2D eigenvalue weighted by Gasteiger charge is -2.06. The fraction of sp³-hybridized carbons (Fsp3) is 0.308. The van der Waals surface area contributed by atoms with E-state index in [1.165, 1.54) is 7.11 Å². The van der Waals surface area contributed by atoms with Gasteiger partial charge in [-0.15, -0.1) is 5.10 Å². The molecule has 0 atom stereocenters. The lowest BCUT2D eigenvalue weighted by molar-refractivity contribution is 0.102. The van der Waals surface area contributed by atoms with Gasteiger partial charge in [0.25, 0.3) is 5.91 Å². The minimum absolute atomic E-state index is 0.0899. The minimum Gasteiger partial charge on any atom is -0.497 e. The van der Waals surface area contributed by atoms with Crippen molar-refractivity contribution in [2.24, 2.45) is 0 Å². The summed E-state index contributed by atoms with van der Waals surface area (Å²) in [6.45, 7) is 0. The zero-order valence-electron chi connectivity index (χ0n) is 10.9. The maximum Gasteiger partial charge on any atom is 0.322 e. The summed E-state index contributed by atoms with van der Waals surface area (Å²) in [5.41, 5.74) is 6.46. The lowest BCUT2D eigenvalue weighted by Crippen LogP contribution is -2.14. The molecule has 7 heteroatoms. The second-order valence-corrected chi connectivity index (χ2v) is 4.63. The second kappa shape index (κ2) is 4.84. The molecule has 0 saturated heterocycles. The third kappa shape index (κ3) is 2.42. The summed E-state index contributed by atoms with van der Waals surface area (Å²) in [5, 5.41) is 10.2. The van der Waals surface area contributed by atoms with Crippen molar-refractivity contribution in [1.82, 2.24) is 10.2 Å². The van der Waals surface area contributed by atoms with Crippen molar-refractivity contribution >= 4 is 17.6 Å². The number of carbonyl (C=O) groups is 1. The van der Waals surface area contributed by atoms with Crippen molar-refractivity contribution in [3.8, 4) is 5.75 Å². The molecule has 1 amide bonds. The Morgan fingerprint density at radius 2 is 2.25 bits per heavy atom. The number of anilines is 2. The van der Waals surface area contributed by atoms with E-state index in [1.807, 2.05) is 0 Å². The predicted molar refractivity (Wildman–Crippen MR) is 71.6 cm³/mol. The summed E-state index contributed by atoms with van der Waals surface area (Å²) in [5.74, 6) is 1.12. The summed E-state index contributed by atoms with van der Waals surface area (Å²) >= 11 is 0. The summed E-state index contributed by atoms with van der Waals surface area (Å²) in [7, 11) is 1.53. The number of benzene rings is 1. The first-order valence-electron chi connectivity index (χ1n) is 6.25. The number of nitrogen functional groups attached to an aromatic ring is 1. The first-order chi connectivity index (χ1) is 9.67. The van der Waals surface area contributed by atoms with Gasteiger partial charge in [-0.05, 0) is 25.0 Å². The number of aromatic nitrogens is 2. The van der Waals surface area contributed by atoms with E-state index in [-0.39, 0.29) is 6.01 Å². The molecule has 1 aromatic carbocycles. The van der Waals surface area contributed by atoms with Crippen LogP contribution in [0.4, 0.5) is 11.7 Å². The van der Waals surface area contributed by atoms with Gasteiger partial charge in [0.2, 0.25) is 5.89 Å². The van der Waals surface area contributed by atoms with Crippen LogP contribution in [0, 0.1) is 0 Å². The van der Waals surface area contributed by atoms with E-state index in [2.05, 4.69) is 15.5 Å². The molecule has 1 fully saturated rings. The minimum atomic E-state index is -0.392. The molecule has 3 N–H and O–H groups in total. The number of carbonyl (C=O) groups excluding carboxylic acids is 1. The predicted octanol–water partition coefficient (Wildman–Crippen LogP) is 1.79. The SMILES string of the molecule is COc1ccc(C(=O)Nc2nnc(C3CC3)o2)c(N)c1. The highest BCUT2D eigenvalue weighted by Gasteiger charge is 2.29. The van der Waals surface area contributed by atoms with Crippen molar-refractivity contribution < 1.29 is 13.9 Å². The van der Waals surface area contributed by atoms with E-state index in [4.69, 9.17) is 14.9 Å². The van der Waals surface area contributed by atoms with Crippen molar-refractivity contribution in [2.45, 2.75) is 18.8 Å². The van der Waals surface area contributed by atoms with E-state index < -0.39 is 5.91 Å². The maximum absolute atomic E-state index is 12.1. The van der Waals surface area contributed by atoms with E-state index in [9.17, 15) is 4.79 Å². The van der Waals surface area contributed by atoms with Crippen LogP contribution in [0.5, 0.6) is 5.75 Å². The molecule has 7 nitrogen and oxygen atoms in total. The van der Waals surface area contributed by atoms with Gasteiger partial charge in [-0.1, -0.05) is 5.10 Å². The summed E-state index contributed by atoms with van der Waals surface area (Å²) in [6, 6.07) is 4.92. The Morgan fingerprint density at radius 1 is 1.45 bits per heavy atom. The third-order valence-corrected chi connectivity index (χ3v) is 3.09. The van der Waals surface area contributed by atoms with Gasteiger partial charge in [0.15, 0.2) is 0 Å². The Labute approximate surface area is 115 Å². The largest absolute Gasteiger partial charge is 0.497 e. The van der Waals surface area contributed by atoms with E-state index in [1.54, 1.807) is 18.2 Å². The quantitative estimate of drug-likeness (QED) is 0.824. The van der Waals surface area contributed by atoms with Gasteiger partial charge >= 0.3 is 6.01 Å². The van der Waals surface area contributed by atoms with Crippen LogP contribution in [0.2, 0.25) is 0 Å². The Morgan fingerprint density at radius 3 is 2.90 bits per heavy atom. The van der Waals surface area contributed by atoms with Gasteiger partial charge in [-0.25, -0.2) is 0 Å². The van der Waals surface area contributed by atoms with Crippen LogP contribution in [0.3, 0.4) is 0 Å². The van der Waals surface area contributed by atoms with Gasteiger partial charge in [0.05, 0.1) is 12.7 Å². The molecule has 104 valence electrons. The molecular weight excluding hydrogens is 260 g/mol. The van der Waals surface area contributed by atoms with Crippen molar-refractivity contribution in [3.05, 3.63) is 29.7 Å². The highest BCUT2D eigenvalue weighted by Crippen LogP contribution is 2.39. The molecule has 20 heavy (non-hydrogen) atoms. The summed E-state index contributed by atoms with van der Waals surface area (Å²) in [6.07, 6.45) is 2.11. The van der Waals surface area contributed by atoms with Crippen LogP contribution >= 0.6 is 0 Å². The van der Waals surface area contributed by atoms with Crippen molar-refractivity contribution in [3.63, 3.8) is 0 Å². The number of ether oxygens (including phenoxy) is 1. The van der Waals surface area contributed by atoms with Crippen molar-refractivity contribution in [1.29, 1.82) is 0 Å². The summed E-state index contributed by atoms with van der Waals surface area (Å²) in [4.78, 5) is 12.1. The number of hydrogen-bond donors (Lipinski definition) is 2. The maximum atomic E-state index is 12.1. The van der Waals surface area contributed by atoms with E-state index in [0.29, 0.717) is 28.8 Å². The Hall–Kier alpha value is -2.57. The molecular formula is C13H14N4O3. The molecule has 0 spiro atoms. The number of rotatable bonds is 4. The van der Waals surface area contributed by atoms with Crippen LogP contribution in [0.1, 0.15) is 35.0 Å². The molecule has 0 aliphatic heterocycles. The van der Waals surface area contributed by atoms with Crippen LogP contribution < -0.4 is 15.8 Å². The molecule has 1 heterocycles. The standard InChI is InChI=1S/C13H14N4O3/c1-19-8-4-5-9(10(14)6-8)11(18)15-13-17-16-12(20-13)7-2-3-7/h4-7H,2-3,14H2,1H3,(H,15,17,18). The smallest absolute Gasteiger partial charge is 0.322 e. The molecule has 0 radical (unpaired) electrons. The highest BCUT2D eigenvalue weighted by atomic mass is 16.5. The molecule has 2 aromatic rings. The average Bonchev–Trinajstić information content (AvgIpc) is 3.19. The lowest BCUT2D eigenvalue weighted by atomic mass is 10.1. The Bertz CT molecular complexity index is 649. The first-order valence-corrected chi connectivity index (χ1v) is 6.25. The van der Waals surface area contributed by atoms with Gasteiger partial charge < -0.3 is 14.9 Å². The summed E-state index contributed by atoms with van der Waals surface area (Å²) < 4.78 is 10.4. The van der Waals surface area contributed by atoms with E-state index in [0.717, 1.165) is 12.8 Å². The average molecular weight is 274 g/mol. The molecule has 3 rings (SSSR count). The Balaban J connectivity index is 1.74. The molecule has 1 saturated carbocycles. The fourth-order valence-electron chi connectivity index (χ4n) is 1.82. The monoisotopic (exact) mass is 274 g/mol. The molecule has 1 aromatic heterocycles. The van der Waals surface area contributed by atoms with Gasteiger partial charge in [-0.2, -0.15) is 0 Å². The zero-order chi connectivity index (χ0) is 14.1. The number of methoxy groups -OCH3 is 1. The second-order valence-electron chi connectivity index (χ2n) is 4.63. The number of nitrogens with zero attached hydrogens (tertiary/aromatic N) is 2. The fourth-order valence-corrected chi connectivity index (χ4v) is 1.82. The zero-order valence-corrected chi connectivity index (χ0v) is 10.9. The van der Waals surface area contributed by atoms with Crippen LogP contribution in [0.25, 0.3) is 0 Å². The number of nitrogens with one attached hydrogen (secondary N) is 1. The van der Waals surface area contributed by atoms with Gasteiger partial charge in [0.1, 0.15) is 5.75 Å². The third-order valence-electron chi connectivity index (χ3n) is 3.09.